The molecular weight excluding hydrogens is 286 g/mol. The maximum Gasteiger partial charge on any atom is 0.259 e. The minimum atomic E-state index is -0.176. The predicted molar refractivity (Wildman–Crippen MR) is 85.0 cm³/mol. The van der Waals surface area contributed by atoms with Crippen LogP contribution < -0.4 is 5.32 Å². The molecule has 1 heterocycles. The van der Waals surface area contributed by atoms with Gasteiger partial charge in [-0.2, -0.15) is 0 Å². The molecule has 0 fully saturated rings. The molecule has 3 rings (SSSR count). The van der Waals surface area contributed by atoms with E-state index in [1.807, 2.05) is 48.5 Å². The summed E-state index contributed by atoms with van der Waals surface area (Å²) in [5.41, 5.74) is 3.15. The third-order valence-electron chi connectivity index (χ3n) is 3.32. The Morgan fingerprint density at radius 1 is 1.10 bits per heavy atom. The van der Waals surface area contributed by atoms with Crippen LogP contribution in [0.3, 0.4) is 0 Å². The van der Waals surface area contributed by atoms with E-state index >= 15 is 0 Å². The third kappa shape index (κ3) is 2.93. The first kappa shape index (κ1) is 13.7. The number of anilines is 1. The first-order chi connectivity index (χ1) is 10.3. The highest BCUT2D eigenvalue weighted by Gasteiger charge is 2.13. The predicted octanol–water partition coefficient (Wildman–Crippen LogP) is 4.47. The summed E-state index contributed by atoms with van der Waals surface area (Å²) in [6.45, 7) is 0. The Bertz CT molecular complexity index is 762. The molecule has 0 aliphatic rings. The number of para-hydroxylation sites is 1. The van der Waals surface area contributed by atoms with Crippen molar-refractivity contribution in [2.75, 3.05) is 11.2 Å². The van der Waals surface area contributed by atoms with E-state index in [1.165, 1.54) is 6.26 Å². The van der Waals surface area contributed by atoms with Crippen LogP contribution in [0.1, 0.15) is 15.9 Å². The van der Waals surface area contributed by atoms with Gasteiger partial charge < -0.3 is 9.73 Å². The molecule has 21 heavy (non-hydrogen) atoms. The van der Waals surface area contributed by atoms with Crippen molar-refractivity contribution < 1.29 is 9.21 Å². The lowest BCUT2D eigenvalue weighted by Crippen LogP contribution is -2.11. The molecule has 0 bridgehead atoms. The number of rotatable bonds is 4. The molecule has 3 aromatic rings. The third-order valence-corrected chi connectivity index (χ3v) is 3.51. The number of benzene rings is 2. The van der Waals surface area contributed by atoms with Crippen molar-refractivity contribution in [2.45, 2.75) is 6.42 Å². The molecule has 1 aromatic heterocycles. The number of carbonyl (C=O) groups excluding carboxylic acids is 1. The SMILES string of the molecule is O=C(Nc1ccc(CCCl)cc1)c1coc2ccccc12. The van der Waals surface area contributed by atoms with E-state index in [0.717, 1.165) is 23.1 Å². The first-order valence-electron chi connectivity index (χ1n) is 6.70. The average molecular weight is 300 g/mol. The Balaban J connectivity index is 1.79. The molecule has 0 spiro atoms. The summed E-state index contributed by atoms with van der Waals surface area (Å²) in [6.07, 6.45) is 2.31. The second-order valence-corrected chi connectivity index (χ2v) is 5.11. The number of aryl methyl sites for hydroxylation is 1. The maximum absolute atomic E-state index is 12.3. The van der Waals surface area contributed by atoms with Gasteiger partial charge in [0.05, 0.1) is 5.56 Å². The van der Waals surface area contributed by atoms with Gasteiger partial charge in [0.15, 0.2) is 0 Å². The van der Waals surface area contributed by atoms with Crippen molar-refractivity contribution in [3.63, 3.8) is 0 Å². The van der Waals surface area contributed by atoms with Crippen LogP contribution >= 0.6 is 11.6 Å². The van der Waals surface area contributed by atoms with Gasteiger partial charge in [-0.15, -0.1) is 11.6 Å². The van der Waals surface area contributed by atoms with Gasteiger partial charge in [0.2, 0.25) is 0 Å². The second-order valence-electron chi connectivity index (χ2n) is 4.74. The summed E-state index contributed by atoms with van der Waals surface area (Å²) in [5.74, 6) is 0.414. The van der Waals surface area contributed by atoms with Crippen molar-refractivity contribution in [1.29, 1.82) is 0 Å². The molecule has 2 aromatic carbocycles. The van der Waals surface area contributed by atoms with Crippen LogP contribution in [0.5, 0.6) is 0 Å². The molecule has 0 radical (unpaired) electrons. The van der Waals surface area contributed by atoms with Gasteiger partial charge in [-0.1, -0.05) is 30.3 Å². The Labute approximate surface area is 127 Å². The van der Waals surface area contributed by atoms with Gasteiger partial charge >= 0.3 is 0 Å². The van der Waals surface area contributed by atoms with Crippen molar-refractivity contribution in [3.05, 3.63) is 65.9 Å². The molecule has 0 saturated carbocycles. The van der Waals surface area contributed by atoms with Crippen molar-refractivity contribution in [1.82, 2.24) is 0 Å². The van der Waals surface area contributed by atoms with Crippen LogP contribution in [0.25, 0.3) is 11.0 Å². The molecule has 106 valence electrons. The maximum atomic E-state index is 12.3. The average Bonchev–Trinajstić information content (AvgIpc) is 2.93. The lowest BCUT2D eigenvalue weighted by molar-refractivity contribution is 0.102. The highest BCUT2D eigenvalue weighted by atomic mass is 35.5. The molecule has 0 aliphatic heterocycles. The smallest absolute Gasteiger partial charge is 0.259 e. The van der Waals surface area contributed by atoms with Crippen molar-refractivity contribution >= 4 is 34.2 Å². The van der Waals surface area contributed by atoms with Gasteiger partial charge in [-0.25, -0.2) is 0 Å². The van der Waals surface area contributed by atoms with E-state index in [2.05, 4.69) is 5.32 Å². The number of alkyl halides is 1. The van der Waals surface area contributed by atoms with Gasteiger partial charge in [0, 0.05) is 17.0 Å². The fourth-order valence-corrected chi connectivity index (χ4v) is 2.43. The monoisotopic (exact) mass is 299 g/mol. The summed E-state index contributed by atoms with van der Waals surface area (Å²) >= 11 is 5.70. The van der Waals surface area contributed by atoms with Crippen LogP contribution in [0.4, 0.5) is 5.69 Å². The normalized spacial score (nSPS) is 10.7. The molecule has 1 N–H and O–H groups in total. The minimum absolute atomic E-state index is 0.176. The lowest BCUT2D eigenvalue weighted by Gasteiger charge is -2.05. The van der Waals surface area contributed by atoms with Gasteiger partial charge in [0.25, 0.3) is 5.91 Å². The van der Waals surface area contributed by atoms with Crippen molar-refractivity contribution in [3.8, 4) is 0 Å². The number of hydrogen-bond acceptors (Lipinski definition) is 2. The first-order valence-corrected chi connectivity index (χ1v) is 7.24. The van der Waals surface area contributed by atoms with E-state index in [1.54, 1.807) is 0 Å². The van der Waals surface area contributed by atoms with E-state index in [-0.39, 0.29) is 5.91 Å². The number of furan rings is 1. The zero-order valence-corrected chi connectivity index (χ0v) is 12.1. The highest BCUT2D eigenvalue weighted by Crippen LogP contribution is 2.22. The lowest BCUT2D eigenvalue weighted by atomic mass is 10.1. The summed E-state index contributed by atoms with van der Waals surface area (Å²) in [4.78, 5) is 12.3. The number of carbonyl (C=O) groups is 1. The number of amides is 1. The van der Waals surface area contributed by atoms with Gasteiger partial charge in [-0.3, -0.25) is 4.79 Å². The summed E-state index contributed by atoms with van der Waals surface area (Å²) < 4.78 is 5.38. The largest absolute Gasteiger partial charge is 0.463 e. The van der Waals surface area contributed by atoms with Crippen molar-refractivity contribution in [2.24, 2.45) is 0 Å². The van der Waals surface area contributed by atoms with Gasteiger partial charge in [-0.05, 0) is 30.2 Å². The molecule has 3 nitrogen and oxygen atoms in total. The Kier molecular flexibility index (Phi) is 3.93. The minimum Gasteiger partial charge on any atom is -0.463 e. The van der Waals surface area contributed by atoms with E-state index < -0.39 is 0 Å². The zero-order chi connectivity index (χ0) is 14.7. The van der Waals surface area contributed by atoms with E-state index in [0.29, 0.717) is 17.0 Å². The quantitative estimate of drug-likeness (QED) is 0.722. The highest BCUT2D eigenvalue weighted by molar-refractivity contribution is 6.18. The van der Waals surface area contributed by atoms with Gasteiger partial charge in [0.1, 0.15) is 11.8 Å². The number of halogens is 1. The molecule has 0 atom stereocenters. The van der Waals surface area contributed by atoms with Crippen LogP contribution in [0.15, 0.2) is 59.2 Å². The fourth-order valence-electron chi connectivity index (χ4n) is 2.22. The summed E-state index contributed by atoms with van der Waals surface area (Å²) in [5, 5.41) is 3.69. The molecule has 4 heteroatoms. The number of fused-ring (bicyclic) bond motifs is 1. The van der Waals surface area contributed by atoms with Crippen LogP contribution in [0, 0.1) is 0 Å². The molecule has 0 aliphatic carbocycles. The topological polar surface area (TPSA) is 42.2 Å². The zero-order valence-electron chi connectivity index (χ0n) is 11.3. The molecule has 1 amide bonds. The van der Waals surface area contributed by atoms with E-state index in [9.17, 15) is 4.79 Å². The Morgan fingerprint density at radius 2 is 1.86 bits per heavy atom. The number of nitrogens with one attached hydrogen (secondary N) is 1. The summed E-state index contributed by atoms with van der Waals surface area (Å²) in [6, 6.07) is 15.2. The summed E-state index contributed by atoms with van der Waals surface area (Å²) in [7, 11) is 0. The number of hydrogen-bond donors (Lipinski definition) is 1. The Morgan fingerprint density at radius 3 is 2.62 bits per heavy atom. The molecular formula is C17H14ClNO2. The van der Waals surface area contributed by atoms with Crippen LogP contribution in [-0.4, -0.2) is 11.8 Å². The van der Waals surface area contributed by atoms with Crippen LogP contribution in [-0.2, 0) is 6.42 Å². The Hall–Kier alpha value is -2.26. The molecule has 0 saturated heterocycles. The molecule has 0 unspecified atom stereocenters. The van der Waals surface area contributed by atoms with Crippen LogP contribution in [0.2, 0.25) is 0 Å². The fraction of sp³-hybridized carbons (Fsp3) is 0.118. The standard InChI is InChI=1S/C17H14ClNO2/c18-10-9-12-5-7-13(8-6-12)19-17(20)15-11-21-16-4-2-1-3-14(15)16/h1-8,11H,9-10H2,(H,19,20). The second kappa shape index (κ2) is 6.02. The van der Waals surface area contributed by atoms with E-state index in [4.69, 9.17) is 16.0 Å².